The number of carbonyl (C=O) groups excluding carboxylic acids is 2. The molecule has 2 aromatic rings. The summed E-state index contributed by atoms with van der Waals surface area (Å²) in [5, 5.41) is 5.97. The highest BCUT2D eigenvalue weighted by molar-refractivity contribution is 7.22. The molecule has 2 aliphatic rings. The molecule has 0 atom stereocenters. The van der Waals surface area contributed by atoms with Crippen LogP contribution in [-0.2, 0) is 9.59 Å². The van der Waals surface area contributed by atoms with E-state index >= 15 is 0 Å². The third kappa shape index (κ3) is 4.50. The van der Waals surface area contributed by atoms with E-state index in [0.29, 0.717) is 42.2 Å². The fraction of sp³-hybridized carbons (Fsp3) is 0.526. The van der Waals surface area contributed by atoms with E-state index in [9.17, 15) is 9.59 Å². The van der Waals surface area contributed by atoms with Gasteiger partial charge in [-0.25, -0.2) is 4.98 Å². The zero-order valence-electron chi connectivity index (χ0n) is 15.1. The van der Waals surface area contributed by atoms with Gasteiger partial charge in [0.2, 0.25) is 11.8 Å². The largest absolute Gasteiger partial charge is 0.486 e. The van der Waals surface area contributed by atoms with Gasteiger partial charge in [0.25, 0.3) is 0 Å². The van der Waals surface area contributed by atoms with E-state index in [0.717, 1.165) is 23.1 Å². The lowest BCUT2D eigenvalue weighted by atomic mass is 9.87. The van der Waals surface area contributed by atoms with Gasteiger partial charge in [-0.1, -0.05) is 30.6 Å². The normalized spacial score (nSPS) is 16.9. The molecule has 1 aromatic carbocycles. The lowest BCUT2D eigenvalue weighted by Gasteiger charge is -2.20. The molecule has 0 radical (unpaired) electrons. The number of benzene rings is 1. The first-order valence-corrected chi connectivity index (χ1v) is 10.3. The van der Waals surface area contributed by atoms with Crippen molar-refractivity contribution < 1.29 is 19.1 Å². The summed E-state index contributed by atoms with van der Waals surface area (Å²) in [5.41, 5.74) is 0.751. The number of hydrogen-bond donors (Lipinski definition) is 2. The molecule has 7 nitrogen and oxygen atoms in total. The van der Waals surface area contributed by atoms with Gasteiger partial charge in [0, 0.05) is 18.6 Å². The quantitative estimate of drug-likeness (QED) is 0.820. The summed E-state index contributed by atoms with van der Waals surface area (Å²) in [6.07, 6.45) is 6.42. The predicted molar refractivity (Wildman–Crippen MR) is 103 cm³/mol. The molecule has 27 heavy (non-hydrogen) atoms. The Hall–Kier alpha value is -2.35. The number of hydrogen-bond acceptors (Lipinski definition) is 6. The van der Waals surface area contributed by atoms with Gasteiger partial charge in [-0.2, -0.15) is 0 Å². The third-order valence-corrected chi connectivity index (χ3v) is 5.88. The maximum atomic E-state index is 12.1. The van der Waals surface area contributed by atoms with Crippen LogP contribution in [0.4, 0.5) is 5.13 Å². The molecule has 2 N–H and O–H groups in total. The van der Waals surface area contributed by atoms with Gasteiger partial charge in [-0.3, -0.25) is 9.59 Å². The van der Waals surface area contributed by atoms with Gasteiger partial charge in [-0.05, 0) is 18.8 Å². The third-order valence-electron chi connectivity index (χ3n) is 4.94. The van der Waals surface area contributed by atoms with Crippen molar-refractivity contribution in [3.63, 3.8) is 0 Å². The van der Waals surface area contributed by atoms with Crippen molar-refractivity contribution in [2.45, 2.75) is 38.5 Å². The molecule has 1 saturated carbocycles. The van der Waals surface area contributed by atoms with Crippen LogP contribution >= 0.6 is 11.3 Å². The summed E-state index contributed by atoms with van der Waals surface area (Å²) in [5.74, 6) is 1.50. The van der Waals surface area contributed by atoms with E-state index < -0.39 is 0 Å². The summed E-state index contributed by atoms with van der Waals surface area (Å²) >= 11 is 1.37. The number of ether oxygens (including phenoxy) is 2. The Labute approximate surface area is 161 Å². The van der Waals surface area contributed by atoms with Crippen molar-refractivity contribution in [1.29, 1.82) is 0 Å². The van der Waals surface area contributed by atoms with E-state index in [1.165, 1.54) is 30.6 Å². The van der Waals surface area contributed by atoms with Crippen LogP contribution in [0.25, 0.3) is 10.2 Å². The predicted octanol–water partition coefficient (Wildman–Crippen LogP) is 3.09. The van der Waals surface area contributed by atoms with Crippen LogP contribution in [0.5, 0.6) is 11.5 Å². The van der Waals surface area contributed by atoms with E-state index in [1.54, 1.807) is 0 Å². The Bertz CT molecular complexity index is 802. The lowest BCUT2D eigenvalue weighted by Crippen LogP contribution is -2.34. The molecule has 1 aliphatic heterocycles. The number of fused-ring (bicyclic) bond motifs is 2. The van der Waals surface area contributed by atoms with Crippen molar-refractivity contribution in [2.24, 2.45) is 5.92 Å². The van der Waals surface area contributed by atoms with Gasteiger partial charge in [-0.15, -0.1) is 0 Å². The minimum atomic E-state index is -0.275. The molecule has 2 amide bonds. The van der Waals surface area contributed by atoms with Crippen molar-refractivity contribution in [3.8, 4) is 11.5 Å². The van der Waals surface area contributed by atoms with Gasteiger partial charge >= 0.3 is 0 Å². The Kier molecular flexibility index (Phi) is 5.42. The summed E-state index contributed by atoms with van der Waals surface area (Å²) in [7, 11) is 0. The first kappa shape index (κ1) is 18.0. The maximum absolute atomic E-state index is 12.1. The Morgan fingerprint density at radius 1 is 1.07 bits per heavy atom. The monoisotopic (exact) mass is 389 g/mol. The second kappa shape index (κ2) is 8.12. The summed E-state index contributed by atoms with van der Waals surface area (Å²) in [4.78, 5) is 28.6. The number of carbonyl (C=O) groups is 2. The fourth-order valence-electron chi connectivity index (χ4n) is 3.59. The Balaban J connectivity index is 1.30. The second-order valence-electron chi connectivity index (χ2n) is 7.02. The molecule has 4 rings (SSSR count). The van der Waals surface area contributed by atoms with Gasteiger partial charge in [0.15, 0.2) is 16.6 Å². The number of anilines is 1. The fourth-order valence-corrected chi connectivity index (χ4v) is 4.48. The molecule has 1 aromatic heterocycles. The molecular formula is C19H23N3O4S. The molecule has 2 heterocycles. The number of thiazole rings is 1. The number of nitrogens with one attached hydrogen (secondary N) is 2. The van der Waals surface area contributed by atoms with Crippen LogP contribution in [0.3, 0.4) is 0 Å². The van der Waals surface area contributed by atoms with E-state index in [4.69, 9.17) is 9.47 Å². The van der Waals surface area contributed by atoms with Crippen LogP contribution in [-0.4, -0.2) is 36.6 Å². The average Bonchev–Trinajstić information content (AvgIpc) is 3.06. The first-order valence-electron chi connectivity index (χ1n) is 9.44. The van der Waals surface area contributed by atoms with Crippen LogP contribution in [0.1, 0.15) is 38.5 Å². The molecule has 1 fully saturated rings. The van der Waals surface area contributed by atoms with Crippen molar-refractivity contribution in [2.75, 3.05) is 25.1 Å². The lowest BCUT2D eigenvalue weighted by molar-refractivity contribution is -0.125. The van der Waals surface area contributed by atoms with Gasteiger partial charge in [0.05, 0.1) is 16.8 Å². The Morgan fingerprint density at radius 3 is 2.59 bits per heavy atom. The Morgan fingerprint density at radius 2 is 1.81 bits per heavy atom. The van der Waals surface area contributed by atoms with Gasteiger partial charge in [0.1, 0.15) is 13.2 Å². The SMILES string of the molecule is O=C(CC1CCCCC1)NCC(=O)Nc1nc2cc3c(cc2s1)OCCO3. The molecule has 1 aliphatic carbocycles. The zero-order valence-corrected chi connectivity index (χ0v) is 15.9. The minimum Gasteiger partial charge on any atom is -0.486 e. The van der Waals surface area contributed by atoms with Crippen LogP contribution in [0.15, 0.2) is 12.1 Å². The molecular weight excluding hydrogens is 366 g/mol. The zero-order chi connectivity index (χ0) is 18.6. The summed E-state index contributed by atoms with van der Waals surface area (Å²) in [6.45, 7) is 1.01. The second-order valence-corrected chi connectivity index (χ2v) is 8.05. The average molecular weight is 389 g/mol. The van der Waals surface area contributed by atoms with E-state index in [2.05, 4.69) is 15.6 Å². The maximum Gasteiger partial charge on any atom is 0.245 e. The molecule has 0 spiro atoms. The van der Waals surface area contributed by atoms with E-state index in [-0.39, 0.29) is 18.4 Å². The minimum absolute atomic E-state index is 0.0375. The first-order chi connectivity index (χ1) is 13.2. The number of aromatic nitrogens is 1. The highest BCUT2D eigenvalue weighted by Gasteiger charge is 2.18. The number of nitrogens with zero attached hydrogens (tertiary/aromatic N) is 1. The van der Waals surface area contributed by atoms with Crippen LogP contribution in [0, 0.1) is 5.92 Å². The highest BCUT2D eigenvalue weighted by atomic mass is 32.1. The van der Waals surface area contributed by atoms with Crippen molar-refractivity contribution in [3.05, 3.63) is 12.1 Å². The highest BCUT2D eigenvalue weighted by Crippen LogP contribution is 2.37. The number of amides is 2. The topological polar surface area (TPSA) is 89.6 Å². The summed E-state index contributed by atoms with van der Waals surface area (Å²) < 4.78 is 12.0. The van der Waals surface area contributed by atoms with Crippen molar-refractivity contribution in [1.82, 2.24) is 10.3 Å². The summed E-state index contributed by atoms with van der Waals surface area (Å²) in [6, 6.07) is 3.70. The van der Waals surface area contributed by atoms with Crippen molar-refractivity contribution >= 4 is 38.5 Å². The molecule has 8 heteroatoms. The number of rotatable bonds is 5. The van der Waals surface area contributed by atoms with Crippen LogP contribution in [0.2, 0.25) is 0 Å². The molecule has 0 unspecified atom stereocenters. The standard InChI is InChI=1S/C19H23N3O4S/c23-17(8-12-4-2-1-3-5-12)20-11-18(24)22-19-21-13-9-14-15(10-16(13)27-19)26-7-6-25-14/h9-10,12H,1-8,11H2,(H,20,23)(H,21,22,24). The molecule has 144 valence electrons. The van der Waals surface area contributed by atoms with E-state index in [1.807, 2.05) is 12.1 Å². The smallest absolute Gasteiger partial charge is 0.245 e. The van der Waals surface area contributed by atoms with Crippen LogP contribution < -0.4 is 20.1 Å². The molecule has 0 saturated heterocycles. The van der Waals surface area contributed by atoms with Gasteiger partial charge < -0.3 is 20.1 Å². The molecule has 0 bridgehead atoms.